The van der Waals surface area contributed by atoms with Crippen LogP contribution in [0.1, 0.15) is 26.2 Å². The molecule has 3 nitrogen and oxygen atoms in total. The third-order valence-corrected chi connectivity index (χ3v) is 3.83. The van der Waals surface area contributed by atoms with Crippen molar-refractivity contribution in [1.29, 1.82) is 0 Å². The second-order valence-corrected chi connectivity index (χ2v) is 5.15. The van der Waals surface area contributed by atoms with Crippen molar-refractivity contribution in [2.45, 2.75) is 26.2 Å². The summed E-state index contributed by atoms with van der Waals surface area (Å²) in [6.45, 7) is 4.80. The van der Waals surface area contributed by atoms with E-state index >= 15 is 0 Å². The first-order chi connectivity index (χ1) is 7.25. The molecule has 1 saturated heterocycles. The molecule has 15 heavy (non-hydrogen) atoms. The van der Waals surface area contributed by atoms with Crippen molar-refractivity contribution in [2.24, 2.45) is 5.41 Å². The Labute approximate surface area is 96.8 Å². The summed E-state index contributed by atoms with van der Waals surface area (Å²) in [5.41, 5.74) is -0.142. The van der Waals surface area contributed by atoms with E-state index in [4.69, 9.17) is 0 Å². The summed E-state index contributed by atoms with van der Waals surface area (Å²) in [6, 6.07) is 0. The first-order valence-corrected chi connectivity index (χ1v) is 7.12. The SMILES string of the molecule is CCC1(C(=O)NCCSC)CCCNC1. The molecule has 1 aliphatic heterocycles. The summed E-state index contributed by atoms with van der Waals surface area (Å²) in [6.07, 6.45) is 5.14. The molecular weight excluding hydrogens is 208 g/mol. The number of carbonyl (C=O) groups is 1. The second-order valence-electron chi connectivity index (χ2n) is 4.16. The van der Waals surface area contributed by atoms with Gasteiger partial charge >= 0.3 is 0 Å². The molecule has 0 aromatic heterocycles. The maximum absolute atomic E-state index is 12.1. The van der Waals surface area contributed by atoms with Crippen LogP contribution in [0.2, 0.25) is 0 Å². The van der Waals surface area contributed by atoms with E-state index in [1.165, 1.54) is 0 Å². The number of amides is 1. The molecule has 1 amide bonds. The average Bonchev–Trinajstić information content (AvgIpc) is 2.30. The normalized spacial score (nSPS) is 26.3. The van der Waals surface area contributed by atoms with Gasteiger partial charge in [0.2, 0.25) is 5.91 Å². The lowest BCUT2D eigenvalue weighted by Gasteiger charge is -2.35. The van der Waals surface area contributed by atoms with Crippen molar-refractivity contribution < 1.29 is 4.79 Å². The molecule has 1 fully saturated rings. The van der Waals surface area contributed by atoms with Crippen LogP contribution in [0.4, 0.5) is 0 Å². The lowest BCUT2D eigenvalue weighted by Crippen LogP contribution is -2.50. The summed E-state index contributed by atoms with van der Waals surface area (Å²) in [7, 11) is 0. The monoisotopic (exact) mass is 230 g/mol. The Morgan fingerprint density at radius 2 is 2.40 bits per heavy atom. The molecule has 1 unspecified atom stereocenters. The number of nitrogens with one attached hydrogen (secondary N) is 2. The van der Waals surface area contributed by atoms with Crippen LogP contribution in [-0.2, 0) is 4.79 Å². The summed E-state index contributed by atoms with van der Waals surface area (Å²) >= 11 is 1.77. The minimum atomic E-state index is -0.142. The minimum Gasteiger partial charge on any atom is -0.355 e. The third kappa shape index (κ3) is 3.38. The van der Waals surface area contributed by atoms with E-state index < -0.39 is 0 Å². The van der Waals surface area contributed by atoms with Gasteiger partial charge < -0.3 is 10.6 Å². The van der Waals surface area contributed by atoms with Gasteiger partial charge in [0, 0.05) is 18.8 Å². The zero-order valence-corrected chi connectivity index (χ0v) is 10.6. The fraction of sp³-hybridized carbons (Fsp3) is 0.909. The Bertz CT molecular complexity index is 203. The summed E-state index contributed by atoms with van der Waals surface area (Å²) in [4.78, 5) is 12.1. The van der Waals surface area contributed by atoms with Crippen LogP contribution in [0.25, 0.3) is 0 Å². The summed E-state index contributed by atoms with van der Waals surface area (Å²) in [5.74, 6) is 1.24. The van der Waals surface area contributed by atoms with E-state index in [1.807, 2.05) is 0 Å². The highest BCUT2D eigenvalue weighted by atomic mass is 32.2. The number of rotatable bonds is 5. The van der Waals surface area contributed by atoms with E-state index in [9.17, 15) is 4.79 Å². The van der Waals surface area contributed by atoms with Crippen molar-refractivity contribution in [3.63, 3.8) is 0 Å². The highest BCUT2D eigenvalue weighted by Gasteiger charge is 2.37. The topological polar surface area (TPSA) is 41.1 Å². The molecule has 0 aliphatic carbocycles. The van der Waals surface area contributed by atoms with Crippen LogP contribution in [0.3, 0.4) is 0 Å². The highest BCUT2D eigenvalue weighted by molar-refractivity contribution is 7.98. The second kappa shape index (κ2) is 6.38. The van der Waals surface area contributed by atoms with Crippen molar-refractivity contribution in [3.05, 3.63) is 0 Å². The molecule has 88 valence electrons. The van der Waals surface area contributed by atoms with Gasteiger partial charge in [0.15, 0.2) is 0 Å². The van der Waals surface area contributed by atoms with Gasteiger partial charge in [-0.3, -0.25) is 4.79 Å². The molecule has 4 heteroatoms. The molecule has 0 spiro atoms. The van der Waals surface area contributed by atoms with Crippen LogP contribution in [0, 0.1) is 5.41 Å². The predicted octanol–water partition coefficient (Wildman–Crippen LogP) is 1.25. The fourth-order valence-electron chi connectivity index (χ4n) is 2.08. The van der Waals surface area contributed by atoms with Gasteiger partial charge in [-0.1, -0.05) is 6.92 Å². The summed E-state index contributed by atoms with van der Waals surface area (Å²) < 4.78 is 0. The summed E-state index contributed by atoms with van der Waals surface area (Å²) in [5, 5.41) is 6.38. The zero-order chi connectivity index (χ0) is 11.1. The zero-order valence-electron chi connectivity index (χ0n) is 9.77. The van der Waals surface area contributed by atoms with Gasteiger partial charge in [0.05, 0.1) is 5.41 Å². The molecular formula is C11H22N2OS. The molecule has 1 heterocycles. The molecule has 0 bridgehead atoms. The molecule has 2 N–H and O–H groups in total. The Hall–Kier alpha value is -0.220. The van der Waals surface area contributed by atoms with E-state index in [0.717, 1.165) is 44.6 Å². The van der Waals surface area contributed by atoms with Crippen molar-refractivity contribution in [1.82, 2.24) is 10.6 Å². The molecule has 0 aromatic rings. The molecule has 0 saturated carbocycles. The van der Waals surface area contributed by atoms with Crippen molar-refractivity contribution in [3.8, 4) is 0 Å². The van der Waals surface area contributed by atoms with Gasteiger partial charge in [-0.05, 0) is 32.1 Å². The van der Waals surface area contributed by atoms with E-state index in [-0.39, 0.29) is 11.3 Å². The fourth-order valence-corrected chi connectivity index (χ4v) is 2.38. The molecule has 1 rings (SSSR count). The number of hydrogen-bond acceptors (Lipinski definition) is 3. The Balaban J connectivity index is 2.45. The lowest BCUT2D eigenvalue weighted by atomic mass is 9.77. The Kier molecular flexibility index (Phi) is 5.47. The standard InChI is InChI=1S/C11H22N2OS/c1-3-11(5-4-6-12-9-11)10(14)13-7-8-15-2/h12H,3-9H2,1-2H3,(H,13,14). The van der Waals surface area contributed by atoms with Crippen LogP contribution < -0.4 is 10.6 Å². The largest absolute Gasteiger partial charge is 0.355 e. The first-order valence-electron chi connectivity index (χ1n) is 5.73. The quantitative estimate of drug-likeness (QED) is 0.698. The third-order valence-electron chi connectivity index (χ3n) is 3.22. The first kappa shape index (κ1) is 12.8. The van der Waals surface area contributed by atoms with Crippen molar-refractivity contribution in [2.75, 3.05) is 31.6 Å². The van der Waals surface area contributed by atoms with E-state index in [1.54, 1.807) is 11.8 Å². The van der Waals surface area contributed by atoms with Crippen LogP contribution in [0.15, 0.2) is 0 Å². The van der Waals surface area contributed by atoms with Gasteiger partial charge in [-0.2, -0.15) is 11.8 Å². The predicted molar refractivity (Wildman–Crippen MR) is 66.2 cm³/mol. The maximum atomic E-state index is 12.1. The Morgan fingerprint density at radius 3 is 2.93 bits per heavy atom. The van der Waals surface area contributed by atoms with Gasteiger partial charge in [-0.15, -0.1) is 0 Å². The molecule has 0 aromatic carbocycles. The number of piperidine rings is 1. The average molecular weight is 230 g/mol. The molecule has 1 aliphatic rings. The lowest BCUT2D eigenvalue weighted by molar-refractivity contribution is -0.132. The van der Waals surface area contributed by atoms with Crippen LogP contribution in [0.5, 0.6) is 0 Å². The number of thioether (sulfide) groups is 1. The van der Waals surface area contributed by atoms with Gasteiger partial charge in [-0.25, -0.2) is 0 Å². The highest BCUT2D eigenvalue weighted by Crippen LogP contribution is 2.30. The van der Waals surface area contributed by atoms with E-state index in [0.29, 0.717) is 0 Å². The van der Waals surface area contributed by atoms with E-state index in [2.05, 4.69) is 23.8 Å². The molecule has 1 atom stereocenters. The number of hydrogen-bond donors (Lipinski definition) is 2. The Morgan fingerprint density at radius 1 is 1.60 bits per heavy atom. The molecule has 0 radical (unpaired) electrons. The smallest absolute Gasteiger partial charge is 0.227 e. The number of carbonyl (C=O) groups excluding carboxylic acids is 1. The van der Waals surface area contributed by atoms with Gasteiger partial charge in [0.25, 0.3) is 0 Å². The van der Waals surface area contributed by atoms with Gasteiger partial charge in [0.1, 0.15) is 0 Å². The van der Waals surface area contributed by atoms with Crippen molar-refractivity contribution >= 4 is 17.7 Å². The minimum absolute atomic E-state index is 0.142. The van der Waals surface area contributed by atoms with Crippen LogP contribution >= 0.6 is 11.8 Å². The maximum Gasteiger partial charge on any atom is 0.227 e. The van der Waals surface area contributed by atoms with Crippen LogP contribution in [-0.4, -0.2) is 37.6 Å².